The fraction of sp³-hybridized carbons (Fsp3) is 0. The van der Waals surface area contributed by atoms with Gasteiger partial charge in [-0.05, 0) is 89.0 Å². The van der Waals surface area contributed by atoms with E-state index >= 15 is 0 Å². The molecule has 10 aromatic rings. The number of fused-ring (bicyclic) bond motifs is 6. The molecular formula is C48H30S. The molecule has 10 rings (SSSR count). The van der Waals surface area contributed by atoms with Crippen molar-refractivity contribution in [3.8, 4) is 44.5 Å². The summed E-state index contributed by atoms with van der Waals surface area (Å²) >= 11 is 1.89. The van der Waals surface area contributed by atoms with Crippen LogP contribution in [0.3, 0.4) is 0 Å². The lowest BCUT2D eigenvalue weighted by Gasteiger charge is -2.19. The Kier molecular flexibility index (Phi) is 6.47. The second-order valence-corrected chi connectivity index (χ2v) is 13.8. The van der Waals surface area contributed by atoms with E-state index in [4.69, 9.17) is 0 Å². The van der Waals surface area contributed by atoms with Gasteiger partial charge in [0.15, 0.2) is 0 Å². The van der Waals surface area contributed by atoms with Gasteiger partial charge in [0.05, 0.1) is 0 Å². The molecule has 0 radical (unpaired) electrons. The standard InChI is InChI=1S/C48H30S/c1-2-14-31(15-3-1)46-39-21-6-8-23-41(39)47(42-24-9-7-22-40(42)46)43-29-28-34(36-18-4-5-19-37(36)43)32-16-12-17-33(30-32)35-25-13-26-44-38-20-10-11-27-45(38)49-48(35)44/h1-30H. The lowest BCUT2D eigenvalue weighted by Crippen LogP contribution is -1.92. The maximum absolute atomic E-state index is 2.38. The smallest absolute Gasteiger partial charge is 0.0433 e. The molecule has 0 saturated heterocycles. The first-order chi connectivity index (χ1) is 24.3. The molecule has 0 bridgehead atoms. The van der Waals surface area contributed by atoms with Crippen LogP contribution in [0.15, 0.2) is 182 Å². The first-order valence-corrected chi connectivity index (χ1v) is 17.7. The quantitative estimate of drug-likeness (QED) is 0.168. The van der Waals surface area contributed by atoms with Gasteiger partial charge in [0.1, 0.15) is 0 Å². The van der Waals surface area contributed by atoms with Crippen molar-refractivity contribution in [2.24, 2.45) is 0 Å². The van der Waals surface area contributed by atoms with Gasteiger partial charge in [-0.1, -0.05) is 170 Å². The predicted molar refractivity (Wildman–Crippen MR) is 214 cm³/mol. The normalized spacial score (nSPS) is 11.7. The van der Waals surface area contributed by atoms with Gasteiger partial charge in [-0.3, -0.25) is 0 Å². The van der Waals surface area contributed by atoms with E-state index in [-0.39, 0.29) is 0 Å². The van der Waals surface area contributed by atoms with Gasteiger partial charge in [-0.15, -0.1) is 11.3 Å². The van der Waals surface area contributed by atoms with Gasteiger partial charge in [-0.2, -0.15) is 0 Å². The fourth-order valence-electron chi connectivity index (χ4n) is 7.93. The summed E-state index contributed by atoms with van der Waals surface area (Å²) in [4.78, 5) is 0. The molecule has 1 heteroatoms. The van der Waals surface area contributed by atoms with E-state index in [2.05, 4.69) is 182 Å². The molecule has 0 spiro atoms. The molecule has 0 nitrogen and oxygen atoms in total. The minimum atomic E-state index is 1.23. The van der Waals surface area contributed by atoms with Gasteiger partial charge in [-0.25, -0.2) is 0 Å². The third-order valence-corrected chi connectivity index (χ3v) is 11.3. The topological polar surface area (TPSA) is 0 Å². The minimum Gasteiger partial charge on any atom is -0.135 e. The maximum Gasteiger partial charge on any atom is 0.0433 e. The van der Waals surface area contributed by atoms with Crippen LogP contribution >= 0.6 is 11.3 Å². The Morgan fingerprint density at radius 1 is 0.265 bits per heavy atom. The molecule has 1 aromatic heterocycles. The van der Waals surface area contributed by atoms with Gasteiger partial charge < -0.3 is 0 Å². The number of rotatable bonds is 4. The Labute approximate surface area is 289 Å². The van der Waals surface area contributed by atoms with Crippen LogP contribution in [0.4, 0.5) is 0 Å². The summed E-state index contributed by atoms with van der Waals surface area (Å²) in [5.41, 5.74) is 10.1. The van der Waals surface area contributed by atoms with Crippen molar-refractivity contribution in [2.45, 2.75) is 0 Å². The van der Waals surface area contributed by atoms with Crippen LogP contribution < -0.4 is 0 Å². The number of thiophene rings is 1. The van der Waals surface area contributed by atoms with Crippen LogP contribution in [0.5, 0.6) is 0 Å². The van der Waals surface area contributed by atoms with E-state index in [0.717, 1.165) is 0 Å². The lowest BCUT2D eigenvalue weighted by atomic mass is 9.83. The van der Waals surface area contributed by atoms with Gasteiger partial charge in [0, 0.05) is 20.2 Å². The first-order valence-electron chi connectivity index (χ1n) is 16.9. The fourth-order valence-corrected chi connectivity index (χ4v) is 9.17. The molecule has 0 aliphatic heterocycles. The summed E-state index contributed by atoms with van der Waals surface area (Å²) in [5.74, 6) is 0. The first kappa shape index (κ1) is 28.0. The van der Waals surface area contributed by atoms with Crippen molar-refractivity contribution in [2.75, 3.05) is 0 Å². The highest BCUT2D eigenvalue weighted by Gasteiger charge is 2.19. The summed E-state index contributed by atoms with van der Waals surface area (Å²) in [6.07, 6.45) is 0. The Bertz CT molecular complexity index is 2820. The van der Waals surface area contributed by atoms with Crippen molar-refractivity contribution in [3.05, 3.63) is 182 Å². The monoisotopic (exact) mass is 638 g/mol. The van der Waals surface area contributed by atoms with Crippen molar-refractivity contribution in [1.29, 1.82) is 0 Å². The number of benzene rings is 9. The molecule has 0 atom stereocenters. The van der Waals surface area contributed by atoms with Crippen molar-refractivity contribution >= 4 is 63.8 Å². The van der Waals surface area contributed by atoms with Gasteiger partial charge >= 0.3 is 0 Å². The zero-order valence-electron chi connectivity index (χ0n) is 26.7. The molecule has 0 fully saturated rings. The second-order valence-electron chi connectivity index (χ2n) is 12.8. The molecule has 49 heavy (non-hydrogen) atoms. The van der Waals surface area contributed by atoms with Crippen LogP contribution in [0.1, 0.15) is 0 Å². The maximum atomic E-state index is 2.38. The van der Waals surface area contributed by atoms with E-state index in [1.807, 2.05) is 11.3 Å². The average Bonchev–Trinajstić information content (AvgIpc) is 3.56. The summed E-state index contributed by atoms with van der Waals surface area (Å²) in [7, 11) is 0. The van der Waals surface area contributed by atoms with E-state index in [0.29, 0.717) is 0 Å². The van der Waals surface area contributed by atoms with Crippen LogP contribution in [0, 0.1) is 0 Å². The van der Waals surface area contributed by atoms with Crippen LogP contribution in [-0.4, -0.2) is 0 Å². The highest BCUT2D eigenvalue weighted by molar-refractivity contribution is 7.26. The lowest BCUT2D eigenvalue weighted by molar-refractivity contribution is 1.63. The van der Waals surface area contributed by atoms with Crippen LogP contribution in [-0.2, 0) is 0 Å². The number of hydrogen-bond acceptors (Lipinski definition) is 1. The highest BCUT2D eigenvalue weighted by atomic mass is 32.1. The van der Waals surface area contributed by atoms with E-state index in [1.165, 1.54) is 97.0 Å². The zero-order valence-corrected chi connectivity index (χ0v) is 27.5. The minimum absolute atomic E-state index is 1.23. The Hall–Kier alpha value is -6.02. The van der Waals surface area contributed by atoms with Crippen molar-refractivity contribution in [1.82, 2.24) is 0 Å². The Balaban J connectivity index is 1.19. The summed E-state index contributed by atoms with van der Waals surface area (Å²) in [6, 6.07) is 66.9. The zero-order chi connectivity index (χ0) is 32.3. The molecule has 1 heterocycles. The van der Waals surface area contributed by atoms with Crippen molar-refractivity contribution in [3.63, 3.8) is 0 Å². The van der Waals surface area contributed by atoms with Crippen LogP contribution in [0.25, 0.3) is 97.0 Å². The molecule has 228 valence electrons. The van der Waals surface area contributed by atoms with E-state index in [1.54, 1.807) is 0 Å². The van der Waals surface area contributed by atoms with Gasteiger partial charge in [0.25, 0.3) is 0 Å². The summed E-state index contributed by atoms with van der Waals surface area (Å²) in [5, 5.41) is 10.3. The summed E-state index contributed by atoms with van der Waals surface area (Å²) in [6.45, 7) is 0. The number of hydrogen-bond donors (Lipinski definition) is 0. The van der Waals surface area contributed by atoms with Crippen molar-refractivity contribution < 1.29 is 0 Å². The molecule has 9 aromatic carbocycles. The van der Waals surface area contributed by atoms with Gasteiger partial charge in [0.2, 0.25) is 0 Å². The molecule has 0 aliphatic rings. The Morgan fingerprint density at radius 2 is 0.735 bits per heavy atom. The molecule has 0 aliphatic carbocycles. The molecular weight excluding hydrogens is 609 g/mol. The third-order valence-electron chi connectivity index (χ3n) is 10.1. The molecule has 0 saturated carbocycles. The van der Waals surface area contributed by atoms with E-state index in [9.17, 15) is 0 Å². The largest absolute Gasteiger partial charge is 0.135 e. The third kappa shape index (κ3) is 4.44. The SMILES string of the molecule is c1ccc(-c2c3ccccc3c(-c3ccc(-c4cccc(-c5cccc6c5sc5ccccc56)c4)c4ccccc34)c3ccccc23)cc1. The molecule has 0 unspecified atom stereocenters. The van der Waals surface area contributed by atoms with Crippen LogP contribution in [0.2, 0.25) is 0 Å². The predicted octanol–water partition coefficient (Wildman–Crippen LogP) is 14.2. The second kappa shape index (κ2) is 11.3. The molecule has 0 amide bonds. The summed E-state index contributed by atoms with van der Waals surface area (Å²) < 4.78 is 2.68. The average molecular weight is 639 g/mol. The molecule has 0 N–H and O–H groups in total. The highest BCUT2D eigenvalue weighted by Crippen LogP contribution is 2.47. The van der Waals surface area contributed by atoms with E-state index < -0.39 is 0 Å². The Morgan fingerprint density at radius 3 is 1.43 bits per heavy atom.